The number of rotatable bonds is 8. The minimum Gasteiger partial charge on any atom is -0.497 e. The fourth-order valence-corrected chi connectivity index (χ4v) is 4.22. The second-order valence-corrected chi connectivity index (χ2v) is 7.94. The van der Waals surface area contributed by atoms with E-state index in [0.717, 1.165) is 39.3 Å². The summed E-state index contributed by atoms with van der Waals surface area (Å²) in [6.07, 6.45) is 3.63. The molecule has 2 heterocycles. The number of nitrogens with one attached hydrogen (secondary N) is 1. The first-order valence-electron chi connectivity index (χ1n) is 11.3. The van der Waals surface area contributed by atoms with Crippen LogP contribution in [0, 0.1) is 0 Å². The van der Waals surface area contributed by atoms with Crippen LogP contribution in [-0.2, 0) is 0 Å². The van der Waals surface area contributed by atoms with Crippen LogP contribution < -0.4 is 24.3 Å². The predicted octanol–water partition coefficient (Wildman–Crippen LogP) is 5.87. The normalized spacial score (nSPS) is 10.8. The number of nitrogens with zero attached hydrogens (tertiary/aromatic N) is 3. The van der Waals surface area contributed by atoms with Crippen LogP contribution in [0.25, 0.3) is 27.8 Å². The summed E-state index contributed by atoms with van der Waals surface area (Å²) in [4.78, 5) is 9.26. The van der Waals surface area contributed by atoms with Gasteiger partial charge in [-0.05, 0) is 29.8 Å². The highest BCUT2D eigenvalue weighted by atomic mass is 16.5. The lowest BCUT2D eigenvalue weighted by atomic mass is 10.1. The van der Waals surface area contributed by atoms with Gasteiger partial charge in [0.2, 0.25) is 5.75 Å². The molecule has 0 fully saturated rings. The molecule has 3 aromatic carbocycles. The maximum absolute atomic E-state index is 5.53. The molecule has 0 amide bonds. The number of hydrogen-bond acceptors (Lipinski definition) is 7. The predicted molar refractivity (Wildman–Crippen MR) is 140 cm³/mol. The van der Waals surface area contributed by atoms with Gasteiger partial charge >= 0.3 is 0 Å². The number of fused-ring (bicyclic) bond motifs is 1. The molecule has 5 aromatic rings. The summed E-state index contributed by atoms with van der Waals surface area (Å²) in [7, 11) is 6.41. The third kappa shape index (κ3) is 4.13. The number of hydrogen-bond donors (Lipinski definition) is 1. The van der Waals surface area contributed by atoms with Crippen molar-refractivity contribution >= 4 is 22.5 Å². The van der Waals surface area contributed by atoms with Gasteiger partial charge in [0.15, 0.2) is 17.1 Å². The molecule has 0 radical (unpaired) electrons. The average Bonchev–Trinajstić information content (AvgIpc) is 3.33. The van der Waals surface area contributed by atoms with Crippen LogP contribution in [0.15, 0.2) is 79.3 Å². The number of ether oxygens (including phenoxy) is 4. The quantitative estimate of drug-likeness (QED) is 0.296. The molecule has 0 saturated heterocycles. The lowest BCUT2D eigenvalue weighted by molar-refractivity contribution is 0.324. The standard InChI is InChI=1S/C28H26N4O4/c1-33-21-12-10-20(11-13-21)32-16-22(18-8-6-5-7-9-18)25-27(29-17-30-28(25)32)31-19-14-23(34-2)26(36-4)24(15-19)35-3/h5-17H,1-4H3,(H,29,30,31). The SMILES string of the molecule is COc1ccc(-n2cc(-c3ccccc3)c3c(Nc4cc(OC)c(OC)c(OC)c4)ncnc32)cc1. The van der Waals surface area contributed by atoms with E-state index in [9.17, 15) is 0 Å². The summed E-state index contributed by atoms with van der Waals surface area (Å²) in [5.74, 6) is 3.06. The summed E-state index contributed by atoms with van der Waals surface area (Å²) in [5.41, 5.74) is 4.51. The van der Waals surface area contributed by atoms with Crippen molar-refractivity contribution in [2.24, 2.45) is 0 Å². The fraction of sp³-hybridized carbons (Fsp3) is 0.143. The molecule has 8 heteroatoms. The Morgan fingerprint density at radius 3 is 2.06 bits per heavy atom. The maximum atomic E-state index is 5.53. The topological polar surface area (TPSA) is 79.7 Å². The maximum Gasteiger partial charge on any atom is 0.203 e. The minimum absolute atomic E-state index is 0.522. The molecule has 0 saturated carbocycles. The van der Waals surface area contributed by atoms with Gasteiger partial charge in [0.1, 0.15) is 17.9 Å². The Kier molecular flexibility index (Phi) is 6.32. The molecule has 0 atom stereocenters. The molecule has 5 rings (SSSR count). The van der Waals surface area contributed by atoms with E-state index in [2.05, 4.69) is 38.2 Å². The van der Waals surface area contributed by atoms with Crippen molar-refractivity contribution in [3.8, 4) is 39.8 Å². The highest BCUT2D eigenvalue weighted by molar-refractivity contribution is 6.03. The van der Waals surface area contributed by atoms with Crippen LogP contribution in [0.3, 0.4) is 0 Å². The molecule has 36 heavy (non-hydrogen) atoms. The molecule has 1 N–H and O–H groups in total. The van der Waals surface area contributed by atoms with Gasteiger partial charge in [-0.1, -0.05) is 30.3 Å². The van der Waals surface area contributed by atoms with Crippen LogP contribution >= 0.6 is 0 Å². The van der Waals surface area contributed by atoms with Gasteiger partial charge in [0.05, 0.1) is 33.8 Å². The van der Waals surface area contributed by atoms with Crippen molar-refractivity contribution in [3.05, 3.63) is 79.3 Å². The second kappa shape index (κ2) is 9.87. The van der Waals surface area contributed by atoms with Crippen LogP contribution in [-0.4, -0.2) is 43.0 Å². The second-order valence-electron chi connectivity index (χ2n) is 7.94. The molecular weight excluding hydrogens is 456 g/mol. The summed E-state index contributed by atoms with van der Waals surface area (Å²) in [5, 5.41) is 4.32. The van der Waals surface area contributed by atoms with Gasteiger partial charge in [-0.3, -0.25) is 0 Å². The Balaban J connectivity index is 1.69. The summed E-state index contributed by atoms with van der Waals surface area (Å²) in [6.45, 7) is 0. The Labute approximate surface area is 209 Å². The van der Waals surface area contributed by atoms with Crippen LogP contribution in [0.4, 0.5) is 11.5 Å². The average molecular weight is 483 g/mol. The number of anilines is 2. The molecule has 2 aromatic heterocycles. The first-order chi connectivity index (χ1) is 17.7. The zero-order chi connectivity index (χ0) is 25.1. The molecule has 8 nitrogen and oxygen atoms in total. The Hall–Kier alpha value is -4.72. The van der Waals surface area contributed by atoms with E-state index in [-0.39, 0.29) is 0 Å². The van der Waals surface area contributed by atoms with Gasteiger partial charge in [0, 0.05) is 35.3 Å². The third-order valence-corrected chi connectivity index (χ3v) is 5.95. The minimum atomic E-state index is 0.522. The third-order valence-electron chi connectivity index (χ3n) is 5.95. The van der Waals surface area contributed by atoms with E-state index in [4.69, 9.17) is 18.9 Å². The van der Waals surface area contributed by atoms with Crippen molar-refractivity contribution in [1.29, 1.82) is 0 Å². The summed E-state index contributed by atoms with van der Waals surface area (Å²) < 4.78 is 23.9. The molecular formula is C28H26N4O4. The van der Waals surface area contributed by atoms with Crippen LogP contribution in [0.5, 0.6) is 23.0 Å². The van der Waals surface area contributed by atoms with E-state index >= 15 is 0 Å². The zero-order valence-corrected chi connectivity index (χ0v) is 20.5. The van der Waals surface area contributed by atoms with E-state index < -0.39 is 0 Å². The Bertz CT molecular complexity index is 1470. The summed E-state index contributed by atoms with van der Waals surface area (Å²) in [6, 6.07) is 21.7. The van der Waals surface area contributed by atoms with Crippen LogP contribution in [0.1, 0.15) is 0 Å². The lowest BCUT2D eigenvalue weighted by Gasteiger charge is -2.15. The van der Waals surface area contributed by atoms with Gasteiger partial charge in [0.25, 0.3) is 0 Å². The van der Waals surface area contributed by atoms with Crippen molar-refractivity contribution in [2.45, 2.75) is 0 Å². The van der Waals surface area contributed by atoms with Gasteiger partial charge < -0.3 is 28.8 Å². The molecule has 0 bridgehead atoms. The van der Waals surface area contributed by atoms with Crippen molar-refractivity contribution in [1.82, 2.24) is 14.5 Å². The first kappa shape index (κ1) is 23.0. The number of benzene rings is 3. The van der Waals surface area contributed by atoms with Crippen molar-refractivity contribution in [3.63, 3.8) is 0 Å². The zero-order valence-electron chi connectivity index (χ0n) is 20.5. The molecule has 0 spiro atoms. The van der Waals surface area contributed by atoms with Gasteiger partial charge in [-0.25, -0.2) is 9.97 Å². The van der Waals surface area contributed by atoms with E-state index in [1.165, 1.54) is 0 Å². The van der Waals surface area contributed by atoms with Gasteiger partial charge in [-0.15, -0.1) is 0 Å². The summed E-state index contributed by atoms with van der Waals surface area (Å²) >= 11 is 0. The van der Waals surface area contributed by atoms with E-state index in [1.54, 1.807) is 34.8 Å². The largest absolute Gasteiger partial charge is 0.497 e. The molecule has 0 aliphatic rings. The van der Waals surface area contributed by atoms with Crippen molar-refractivity contribution in [2.75, 3.05) is 33.8 Å². The molecule has 182 valence electrons. The highest BCUT2D eigenvalue weighted by Gasteiger charge is 2.19. The molecule has 0 unspecified atom stereocenters. The first-order valence-corrected chi connectivity index (χ1v) is 11.3. The van der Waals surface area contributed by atoms with Crippen molar-refractivity contribution < 1.29 is 18.9 Å². The molecule has 0 aliphatic heterocycles. The number of methoxy groups -OCH3 is 4. The molecule has 0 aliphatic carbocycles. The van der Waals surface area contributed by atoms with Crippen LogP contribution in [0.2, 0.25) is 0 Å². The smallest absolute Gasteiger partial charge is 0.203 e. The van der Waals surface area contributed by atoms with Gasteiger partial charge in [-0.2, -0.15) is 0 Å². The Morgan fingerprint density at radius 1 is 0.750 bits per heavy atom. The fourth-order valence-electron chi connectivity index (χ4n) is 4.22. The lowest BCUT2D eigenvalue weighted by Crippen LogP contribution is -2.00. The van der Waals surface area contributed by atoms with E-state index in [1.807, 2.05) is 54.6 Å². The monoisotopic (exact) mass is 482 g/mol. The highest BCUT2D eigenvalue weighted by Crippen LogP contribution is 2.42. The Morgan fingerprint density at radius 2 is 1.44 bits per heavy atom. The van der Waals surface area contributed by atoms with E-state index in [0.29, 0.717) is 23.1 Å². The number of aromatic nitrogens is 3.